The minimum Gasteiger partial charge on any atom is -0.361 e. The minimum absolute atomic E-state index is 0.244. The third kappa shape index (κ3) is 2.21. The Hall–Kier alpha value is -2.69. The molecule has 0 aliphatic rings. The van der Waals surface area contributed by atoms with Crippen molar-refractivity contribution in [2.45, 2.75) is 0 Å². The molecule has 1 rings (SSSR count). The van der Waals surface area contributed by atoms with Gasteiger partial charge in [-0.3, -0.25) is 20.2 Å². The molecule has 0 aliphatic heterocycles. The van der Waals surface area contributed by atoms with E-state index in [4.69, 9.17) is 5.26 Å². The van der Waals surface area contributed by atoms with Crippen molar-refractivity contribution < 1.29 is 9.85 Å². The summed E-state index contributed by atoms with van der Waals surface area (Å²) >= 11 is 0. The Balaban J connectivity index is 3.30. The van der Waals surface area contributed by atoms with Crippen LogP contribution < -0.4 is 5.32 Å². The summed E-state index contributed by atoms with van der Waals surface area (Å²) in [5, 5.41) is 31.9. The van der Waals surface area contributed by atoms with Gasteiger partial charge in [-0.15, -0.1) is 0 Å². The number of para-hydroxylation sites is 1. The van der Waals surface area contributed by atoms with Gasteiger partial charge in [-0.2, -0.15) is 5.26 Å². The number of nitro groups is 2. The van der Waals surface area contributed by atoms with Crippen LogP contribution in [-0.2, 0) is 0 Å². The van der Waals surface area contributed by atoms with Crippen molar-refractivity contribution in [1.29, 1.82) is 5.26 Å². The van der Waals surface area contributed by atoms with Crippen LogP contribution >= 0.6 is 0 Å². The highest BCUT2D eigenvalue weighted by Crippen LogP contribution is 2.33. The third-order valence-corrected chi connectivity index (χ3v) is 1.76. The van der Waals surface area contributed by atoms with Gasteiger partial charge in [0.05, 0.1) is 15.9 Å². The number of hydrogen-bond donors (Lipinski definition) is 1. The van der Waals surface area contributed by atoms with E-state index in [1.165, 1.54) is 6.07 Å². The lowest BCUT2D eigenvalue weighted by Gasteiger charge is -2.03. The van der Waals surface area contributed by atoms with Crippen LogP contribution in [0, 0.1) is 31.6 Å². The monoisotopic (exact) mass is 222 g/mol. The molecule has 1 aromatic carbocycles. The minimum atomic E-state index is -0.743. The molecule has 16 heavy (non-hydrogen) atoms. The van der Waals surface area contributed by atoms with Crippen LogP contribution in [0.1, 0.15) is 0 Å². The second-order valence-electron chi connectivity index (χ2n) is 2.70. The summed E-state index contributed by atoms with van der Waals surface area (Å²) in [5.41, 5.74) is -1.10. The summed E-state index contributed by atoms with van der Waals surface area (Å²) in [6.07, 6.45) is 0. The van der Waals surface area contributed by atoms with Crippen molar-refractivity contribution in [1.82, 2.24) is 0 Å². The number of nitrogens with one attached hydrogen (secondary N) is 1. The fourth-order valence-electron chi connectivity index (χ4n) is 1.14. The van der Waals surface area contributed by atoms with Gasteiger partial charge in [-0.1, -0.05) is 0 Å². The number of benzene rings is 1. The lowest BCUT2D eigenvalue weighted by Crippen LogP contribution is -2.05. The molecule has 1 aromatic rings. The quantitative estimate of drug-likeness (QED) is 0.467. The third-order valence-electron chi connectivity index (χ3n) is 1.76. The Morgan fingerprint density at radius 3 is 2.12 bits per heavy atom. The van der Waals surface area contributed by atoms with Crippen molar-refractivity contribution in [3.05, 3.63) is 38.4 Å². The van der Waals surface area contributed by atoms with E-state index in [2.05, 4.69) is 5.32 Å². The second-order valence-corrected chi connectivity index (χ2v) is 2.70. The van der Waals surface area contributed by atoms with Crippen LogP contribution in [0.4, 0.5) is 17.1 Å². The number of rotatable bonds is 4. The molecule has 0 bridgehead atoms. The molecule has 0 aliphatic carbocycles. The molecular formula is C8H6N4O4. The van der Waals surface area contributed by atoms with E-state index >= 15 is 0 Å². The summed E-state index contributed by atoms with van der Waals surface area (Å²) in [4.78, 5) is 19.8. The predicted octanol–water partition coefficient (Wildman–Crippen LogP) is 1.44. The molecular weight excluding hydrogens is 216 g/mol. The molecule has 0 spiro atoms. The van der Waals surface area contributed by atoms with Gasteiger partial charge in [0.15, 0.2) is 5.69 Å². The molecule has 1 N–H and O–H groups in total. The molecule has 0 saturated carbocycles. The Morgan fingerprint density at radius 1 is 1.25 bits per heavy atom. The van der Waals surface area contributed by atoms with Gasteiger partial charge >= 0.3 is 0 Å². The largest absolute Gasteiger partial charge is 0.361 e. The molecule has 0 unspecified atom stereocenters. The number of hydrogen-bond acceptors (Lipinski definition) is 6. The highest BCUT2D eigenvalue weighted by molar-refractivity contribution is 5.73. The first-order chi connectivity index (χ1) is 7.57. The first-order valence-electron chi connectivity index (χ1n) is 4.10. The maximum absolute atomic E-state index is 10.6. The van der Waals surface area contributed by atoms with E-state index < -0.39 is 21.2 Å². The normalized spacial score (nSPS) is 9.19. The second kappa shape index (κ2) is 4.70. The standard InChI is InChI=1S/C8H6N4O4/c9-4-5-10-8-6(11(13)14)2-1-3-7(8)12(15)16/h1-3,10H,5H2. The molecule has 0 aromatic heterocycles. The van der Waals surface area contributed by atoms with Gasteiger partial charge in [-0.05, 0) is 6.07 Å². The number of nitrogens with zero attached hydrogens (tertiary/aromatic N) is 3. The van der Waals surface area contributed by atoms with Crippen molar-refractivity contribution in [3.63, 3.8) is 0 Å². The van der Waals surface area contributed by atoms with Crippen LogP contribution in [0.15, 0.2) is 18.2 Å². The van der Waals surface area contributed by atoms with E-state index in [9.17, 15) is 20.2 Å². The summed E-state index contributed by atoms with van der Waals surface area (Å²) < 4.78 is 0. The molecule has 0 atom stereocenters. The Labute approximate surface area is 89.4 Å². The smallest absolute Gasteiger partial charge is 0.299 e. The van der Waals surface area contributed by atoms with Crippen LogP contribution in [-0.4, -0.2) is 16.4 Å². The Morgan fingerprint density at radius 2 is 1.75 bits per heavy atom. The highest BCUT2D eigenvalue weighted by atomic mass is 16.6. The van der Waals surface area contributed by atoms with Gasteiger partial charge < -0.3 is 5.32 Å². The van der Waals surface area contributed by atoms with Crippen LogP contribution in [0.25, 0.3) is 0 Å². The van der Waals surface area contributed by atoms with E-state index in [-0.39, 0.29) is 12.2 Å². The summed E-state index contributed by atoms with van der Waals surface area (Å²) in [6.45, 7) is -0.244. The SMILES string of the molecule is N#CCNc1c([N+](=O)[O-])cccc1[N+](=O)[O-]. The lowest BCUT2D eigenvalue weighted by atomic mass is 10.2. The number of nitriles is 1. The number of nitro benzene ring substituents is 2. The summed E-state index contributed by atoms with van der Waals surface area (Å²) in [7, 11) is 0. The molecule has 8 heteroatoms. The molecule has 0 fully saturated rings. The predicted molar refractivity (Wildman–Crippen MR) is 53.9 cm³/mol. The first kappa shape index (κ1) is 11.4. The fraction of sp³-hybridized carbons (Fsp3) is 0.125. The zero-order valence-electron chi connectivity index (χ0n) is 7.91. The van der Waals surface area contributed by atoms with E-state index in [1.807, 2.05) is 0 Å². The molecule has 8 nitrogen and oxygen atoms in total. The average Bonchev–Trinajstić information content (AvgIpc) is 2.25. The van der Waals surface area contributed by atoms with Crippen LogP contribution in [0.3, 0.4) is 0 Å². The van der Waals surface area contributed by atoms with Crippen molar-refractivity contribution in [2.24, 2.45) is 0 Å². The van der Waals surface area contributed by atoms with Crippen molar-refractivity contribution >= 4 is 17.1 Å². The maximum atomic E-state index is 10.6. The molecule has 0 saturated heterocycles. The summed E-state index contributed by atoms with van der Waals surface area (Å²) in [6, 6.07) is 5.17. The summed E-state index contributed by atoms with van der Waals surface area (Å²) in [5.74, 6) is 0. The zero-order chi connectivity index (χ0) is 12.1. The molecule has 82 valence electrons. The van der Waals surface area contributed by atoms with Gasteiger partial charge in [0.25, 0.3) is 11.4 Å². The topological polar surface area (TPSA) is 122 Å². The highest BCUT2D eigenvalue weighted by Gasteiger charge is 2.23. The fourth-order valence-corrected chi connectivity index (χ4v) is 1.14. The molecule has 0 radical (unpaired) electrons. The maximum Gasteiger partial charge on any atom is 0.299 e. The van der Waals surface area contributed by atoms with Crippen LogP contribution in [0.2, 0.25) is 0 Å². The van der Waals surface area contributed by atoms with Gasteiger partial charge in [0.1, 0.15) is 6.54 Å². The van der Waals surface area contributed by atoms with E-state index in [0.717, 1.165) is 12.1 Å². The van der Waals surface area contributed by atoms with E-state index in [0.29, 0.717) is 0 Å². The average molecular weight is 222 g/mol. The number of anilines is 1. The van der Waals surface area contributed by atoms with E-state index in [1.54, 1.807) is 6.07 Å². The zero-order valence-corrected chi connectivity index (χ0v) is 7.91. The van der Waals surface area contributed by atoms with Gasteiger partial charge in [0.2, 0.25) is 0 Å². The molecule has 0 amide bonds. The van der Waals surface area contributed by atoms with Crippen molar-refractivity contribution in [3.8, 4) is 6.07 Å². The first-order valence-corrected chi connectivity index (χ1v) is 4.10. The van der Waals surface area contributed by atoms with Gasteiger partial charge in [0, 0.05) is 12.1 Å². The Kier molecular flexibility index (Phi) is 3.34. The lowest BCUT2D eigenvalue weighted by molar-refractivity contribution is -0.392. The van der Waals surface area contributed by atoms with Gasteiger partial charge in [-0.25, -0.2) is 0 Å². The van der Waals surface area contributed by atoms with Crippen molar-refractivity contribution in [2.75, 3.05) is 11.9 Å². The van der Waals surface area contributed by atoms with Crippen LogP contribution in [0.5, 0.6) is 0 Å². The molecule has 0 heterocycles. The Bertz CT molecular complexity index is 447.